The van der Waals surface area contributed by atoms with Gasteiger partial charge in [-0.1, -0.05) is 5.16 Å². The number of nitrogens with zero attached hydrogens (tertiary/aromatic N) is 5. The van der Waals surface area contributed by atoms with Crippen LogP contribution in [0.2, 0.25) is 0 Å². The molecule has 3 aromatic rings. The second-order valence-corrected chi connectivity index (χ2v) is 8.62. The molecule has 1 aliphatic rings. The fourth-order valence-corrected chi connectivity index (χ4v) is 4.64. The second kappa shape index (κ2) is 7.64. The molecule has 4 heterocycles. The maximum Gasteiger partial charge on any atom is 0.266 e. The monoisotopic (exact) mass is 401 g/mol. The molecule has 0 aliphatic carbocycles. The molecule has 4 rings (SSSR count). The molecule has 1 aliphatic heterocycles. The Morgan fingerprint density at radius 3 is 2.54 bits per heavy atom. The summed E-state index contributed by atoms with van der Waals surface area (Å²) in [6.45, 7) is 1.23. The van der Waals surface area contributed by atoms with Gasteiger partial charge in [-0.25, -0.2) is 13.1 Å². The summed E-state index contributed by atoms with van der Waals surface area (Å²) in [6.07, 6.45) is 7.00. The van der Waals surface area contributed by atoms with E-state index in [0.717, 1.165) is 11.8 Å². The number of aromatic nitrogens is 4. The van der Waals surface area contributed by atoms with E-state index in [9.17, 15) is 13.2 Å². The predicted molar refractivity (Wildman–Crippen MR) is 99.7 cm³/mol. The molecule has 10 heteroatoms. The minimum Gasteiger partial charge on any atom is -0.363 e. The van der Waals surface area contributed by atoms with Crippen molar-refractivity contribution in [2.75, 3.05) is 13.1 Å². The third kappa shape index (κ3) is 3.73. The molecule has 28 heavy (non-hydrogen) atoms. The normalized spacial score (nSPS) is 16.3. The van der Waals surface area contributed by atoms with Crippen molar-refractivity contribution in [2.45, 2.75) is 24.3 Å². The smallest absolute Gasteiger partial charge is 0.266 e. The van der Waals surface area contributed by atoms with Crippen LogP contribution in [0, 0.1) is 5.92 Å². The highest BCUT2D eigenvalue weighted by Crippen LogP contribution is 2.24. The van der Waals surface area contributed by atoms with E-state index < -0.39 is 10.0 Å². The van der Waals surface area contributed by atoms with Crippen LogP contribution in [0.25, 0.3) is 11.3 Å². The highest BCUT2D eigenvalue weighted by Gasteiger charge is 2.30. The molecule has 9 nitrogen and oxygen atoms in total. The summed E-state index contributed by atoms with van der Waals surface area (Å²) in [4.78, 5) is 16.3. The number of rotatable bonds is 5. The number of hydrogen-bond acceptors (Lipinski definition) is 7. The Labute approximate surface area is 161 Å². The Morgan fingerprint density at radius 2 is 1.86 bits per heavy atom. The predicted octanol–water partition coefficient (Wildman–Crippen LogP) is 1.39. The zero-order valence-electron chi connectivity index (χ0n) is 15.0. The lowest BCUT2D eigenvalue weighted by molar-refractivity contribution is 0.244. The molecule has 1 fully saturated rings. The molecule has 0 amide bonds. The number of pyridine rings is 1. The van der Waals surface area contributed by atoms with Crippen molar-refractivity contribution >= 4 is 10.0 Å². The Balaban J connectivity index is 1.45. The van der Waals surface area contributed by atoms with Crippen molar-refractivity contribution in [1.29, 1.82) is 0 Å². The molecule has 0 N–H and O–H groups in total. The van der Waals surface area contributed by atoms with Gasteiger partial charge >= 0.3 is 0 Å². The molecule has 0 radical (unpaired) electrons. The number of hydrogen-bond donors (Lipinski definition) is 0. The van der Waals surface area contributed by atoms with E-state index in [1.807, 2.05) is 12.1 Å². The van der Waals surface area contributed by atoms with E-state index >= 15 is 0 Å². The van der Waals surface area contributed by atoms with Gasteiger partial charge in [-0.3, -0.25) is 9.78 Å². The lowest BCUT2D eigenvalue weighted by Gasteiger charge is -2.30. The van der Waals surface area contributed by atoms with Crippen LogP contribution < -0.4 is 5.56 Å². The Bertz CT molecular complexity index is 1090. The van der Waals surface area contributed by atoms with Gasteiger partial charge in [0, 0.05) is 43.7 Å². The highest BCUT2D eigenvalue weighted by molar-refractivity contribution is 7.89. The van der Waals surface area contributed by atoms with Crippen LogP contribution in [0.3, 0.4) is 0 Å². The van der Waals surface area contributed by atoms with E-state index in [1.54, 1.807) is 18.5 Å². The standard InChI is InChI=1S/C18H19N5O4S/c24-18-2-1-17(15-3-7-19-8-4-15)21-23(18)12-14-5-9-22(10-6-14)28(25,26)16-11-20-27-13-16/h1-4,7-8,11,13-14H,5-6,9-10,12H2. The van der Waals surface area contributed by atoms with Crippen molar-refractivity contribution in [2.24, 2.45) is 5.92 Å². The third-order valence-corrected chi connectivity index (χ3v) is 6.74. The molecular weight excluding hydrogens is 382 g/mol. The van der Waals surface area contributed by atoms with Crippen LogP contribution in [0.15, 0.2) is 63.3 Å². The maximum absolute atomic E-state index is 12.5. The van der Waals surface area contributed by atoms with Gasteiger partial charge in [0.2, 0.25) is 10.0 Å². The van der Waals surface area contributed by atoms with Gasteiger partial charge in [0.05, 0.1) is 11.9 Å². The van der Waals surface area contributed by atoms with Gasteiger partial charge in [-0.05, 0) is 37.0 Å². The summed E-state index contributed by atoms with van der Waals surface area (Å²) in [5.74, 6) is 0.173. The van der Waals surface area contributed by atoms with Crippen molar-refractivity contribution in [1.82, 2.24) is 24.2 Å². The fraction of sp³-hybridized carbons (Fsp3) is 0.333. The van der Waals surface area contributed by atoms with Crippen molar-refractivity contribution in [3.63, 3.8) is 0 Å². The molecule has 0 saturated carbocycles. The zero-order chi connectivity index (χ0) is 19.6. The minimum atomic E-state index is -3.58. The number of piperidine rings is 1. The molecule has 1 saturated heterocycles. The summed E-state index contributed by atoms with van der Waals surface area (Å²) < 4.78 is 32.6. The first-order valence-electron chi connectivity index (χ1n) is 8.92. The fourth-order valence-electron chi connectivity index (χ4n) is 3.30. The molecule has 0 unspecified atom stereocenters. The van der Waals surface area contributed by atoms with Crippen LogP contribution in [0.1, 0.15) is 12.8 Å². The average Bonchev–Trinajstić information content (AvgIpc) is 3.27. The topological polar surface area (TPSA) is 111 Å². The summed E-state index contributed by atoms with van der Waals surface area (Å²) in [5.41, 5.74) is 1.42. The van der Waals surface area contributed by atoms with Gasteiger partial charge in [0.1, 0.15) is 11.2 Å². The van der Waals surface area contributed by atoms with Gasteiger partial charge < -0.3 is 4.52 Å². The SMILES string of the molecule is O=c1ccc(-c2ccncc2)nn1CC1CCN(S(=O)(=O)c2cnoc2)CC1. The van der Waals surface area contributed by atoms with Crippen LogP contribution >= 0.6 is 0 Å². The van der Waals surface area contributed by atoms with E-state index in [0.29, 0.717) is 38.2 Å². The van der Waals surface area contributed by atoms with Gasteiger partial charge in [-0.15, -0.1) is 0 Å². The third-order valence-electron chi connectivity index (χ3n) is 4.89. The quantitative estimate of drug-likeness (QED) is 0.635. The van der Waals surface area contributed by atoms with E-state index in [2.05, 4.69) is 19.8 Å². The van der Waals surface area contributed by atoms with E-state index in [4.69, 9.17) is 0 Å². The van der Waals surface area contributed by atoms with Gasteiger partial charge in [-0.2, -0.15) is 9.40 Å². The average molecular weight is 401 g/mol. The molecule has 0 bridgehead atoms. The first kappa shape index (κ1) is 18.5. The lowest BCUT2D eigenvalue weighted by atomic mass is 9.98. The van der Waals surface area contributed by atoms with Gasteiger partial charge in [0.25, 0.3) is 5.56 Å². The molecule has 3 aromatic heterocycles. The Morgan fingerprint density at radius 1 is 1.11 bits per heavy atom. The zero-order valence-corrected chi connectivity index (χ0v) is 15.8. The van der Waals surface area contributed by atoms with Crippen molar-refractivity contribution in [3.05, 3.63) is 59.5 Å². The van der Waals surface area contributed by atoms with Crippen molar-refractivity contribution < 1.29 is 12.9 Å². The Kier molecular flexibility index (Phi) is 5.05. The Hall–Kier alpha value is -2.85. The van der Waals surface area contributed by atoms with Gasteiger partial charge in [0.15, 0.2) is 0 Å². The molecule has 0 aromatic carbocycles. The molecule has 0 spiro atoms. The lowest BCUT2D eigenvalue weighted by Crippen LogP contribution is -2.40. The number of sulfonamides is 1. The van der Waals surface area contributed by atoms with E-state index in [-0.39, 0.29) is 16.4 Å². The highest BCUT2D eigenvalue weighted by atomic mass is 32.2. The van der Waals surface area contributed by atoms with E-state index in [1.165, 1.54) is 21.3 Å². The van der Waals surface area contributed by atoms with Crippen LogP contribution in [0.4, 0.5) is 0 Å². The maximum atomic E-state index is 12.5. The largest absolute Gasteiger partial charge is 0.363 e. The summed E-state index contributed by atoms with van der Waals surface area (Å²) in [7, 11) is -3.58. The molecular formula is C18H19N5O4S. The summed E-state index contributed by atoms with van der Waals surface area (Å²) in [5, 5.41) is 7.93. The first-order valence-corrected chi connectivity index (χ1v) is 10.4. The minimum absolute atomic E-state index is 0.0638. The molecule has 0 atom stereocenters. The molecule has 146 valence electrons. The van der Waals surface area contributed by atoms with Crippen molar-refractivity contribution in [3.8, 4) is 11.3 Å². The van der Waals surface area contributed by atoms with Crippen LogP contribution in [-0.4, -0.2) is 45.7 Å². The van der Waals surface area contributed by atoms with Crippen LogP contribution in [-0.2, 0) is 16.6 Å². The second-order valence-electron chi connectivity index (χ2n) is 6.68. The van der Waals surface area contributed by atoms with Crippen LogP contribution in [0.5, 0.6) is 0 Å². The first-order chi connectivity index (χ1) is 13.5. The summed E-state index contributed by atoms with van der Waals surface area (Å²) in [6, 6.07) is 6.88. The summed E-state index contributed by atoms with van der Waals surface area (Å²) >= 11 is 0.